The van der Waals surface area contributed by atoms with Crippen molar-refractivity contribution in [2.75, 3.05) is 60.7 Å². The highest BCUT2D eigenvalue weighted by atomic mass is 32.1. The fraction of sp³-hybridized carbons (Fsp3) is 0.611. The Labute approximate surface area is 160 Å². The molecule has 0 atom stereocenters. The van der Waals surface area contributed by atoms with Gasteiger partial charge in [-0.25, -0.2) is 0 Å². The quantitative estimate of drug-likeness (QED) is 0.409. The Morgan fingerprint density at radius 3 is 2.31 bits per heavy atom. The van der Waals surface area contributed by atoms with E-state index in [0.717, 1.165) is 51.4 Å². The molecule has 0 aliphatic carbocycles. The zero-order chi connectivity index (χ0) is 18.8. The molecule has 1 aliphatic heterocycles. The SMILES string of the molecule is COc1cc(CNC(=S)NCCC[NH+]2CCOCC2)cc(OC)c1OC. The molecule has 3 N–H and O–H groups in total. The molecule has 146 valence electrons. The Hall–Kier alpha value is -1.77. The summed E-state index contributed by atoms with van der Waals surface area (Å²) in [6.45, 7) is 6.54. The van der Waals surface area contributed by atoms with Gasteiger partial charge in [0.25, 0.3) is 0 Å². The van der Waals surface area contributed by atoms with Crippen LogP contribution >= 0.6 is 12.2 Å². The van der Waals surface area contributed by atoms with E-state index in [-0.39, 0.29) is 0 Å². The Kier molecular flexibility index (Phi) is 8.73. The monoisotopic (exact) mass is 384 g/mol. The molecule has 8 heteroatoms. The van der Waals surface area contributed by atoms with Crippen LogP contribution in [0.3, 0.4) is 0 Å². The van der Waals surface area contributed by atoms with Crippen LogP contribution in [0.25, 0.3) is 0 Å². The van der Waals surface area contributed by atoms with Gasteiger partial charge in [0.15, 0.2) is 16.6 Å². The Balaban J connectivity index is 1.74. The maximum atomic E-state index is 5.37. The minimum Gasteiger partial charge on any atom is -0.493 e. The number of morpholine rings is 1. The third-order valence-electron chi connectivity index (χ3n) is 4.37. The molecule has 0 bridgehead atoms. The highest BCUT2D eigenvalue weighted by Crippen LogP contribution is 2.38. The van der Waals surface area contributed by atoms with E-state index in [1.807, 2.05) is 12.1 Å². The van der Waals surface area contributed by atoms with Crippen molar-refractivity contribution in [3.63, 3.8) is 0 Å². The van der Waals surface area contributed by atoms with Gasteiger partial charge in [-0.2, -0.15) is 0 Å². The number of benzene rings is 1. The Bertz CT molecular complexity index is 555. The normalized spacial score (nSPS) is 14.6. The number of nitrogens with one attached hydrogen (secondary N) is 3. The van der Waals surface area contributed by atoms with Crippen LogP contribution < -0.4 is 29.7 Å². The van der Waals surface area contributed by atoms with Crippen LogP contribution in [0.2, 0.25) is 0 Å². The van der Waals surface area contributed by atoms with Crippen LogP contribution in [0.5, 0.6) is 17.2 Å². The molecule has 0 amide bonds. The molecule has 1 aliphatic rings. The molecule has 1 fully saturated rings. The predicted octanol–water partition coefficient (Wildman–Crippen LogP) is -0.0183. The van der Waals surface area contributed by atoms with E-state index >= 15 is 0 Å². The maximum absolute atomic E-state index is 5.37. The molecule has 0 spiro atoms. The molecule has 7 nitrogen and oxygen atoms in total. The number of quaternary nitrogens is 1. The van der Waals surface area contributed by atoms with Crippen LogP contribution in [-0.2, 0) is 11.3 Å². The first-order valence-electron chi connectivity index (χ1n) is 8.89. The van der Waals surface area contributed by atoms with Crippen molar-refractivity contribution in [2.45, 2.75) is 13.0 Å². The lowest BCUT2D eigenvalue weighted by atomic mass is 10.2. The first kappa shape index (κ1) is 20.5. The smallest absolute Gasteiger partial charge is 0.203 e. The summed E-state index contributed by atoms with van der Waals surface area (Å²) < 4.78 is 21.5. The van der Waals surface area contributed by atoms with Gasteiger partial charge >= 0.3 is 0 Å². The van der Waals surface area contributed by atoms with Gasteiger partial charge in [0, 0.05) is 19.5 Å². The Morgan fingerprint density at radius 2 is 1.73 bits per heavy atom. The lowest BCUT2D eigenvalue weighted by Crippen LogP contribution is -3.14. The molecular weight excluding hydrogens is 354 g/mol. The fourth-order valence-corrected chi connectivity index (χ4v) is 3.11. The maximum Gasteiger partial charge on any atom is 0.203 e. The molecular formula is C18H30N3O4S+. The number of thiocarbonyl (C=S) groups is 1. The van der Waals surface area contributed by atoms with E-state index < -0.39 is 0 Å². The first-order valence-corrected chi connectivity index (χ1v) is 9.30. The summed E-state index contributed by atoms with van der Waals surface area (Å²) in [7, 11) is 4.81. The zero-order valence-corrected chi connectivity index (χ0v) is 16.7. The summed E-state index contributed by atoms with van der Waals surface area (Å²) in [5, 5.41) is 7.13. The minimum atomic E-state index is 0.581. The van der Waals surface area contributed by atoms with E-state index in [1.54, 1.807) is 26.2 Å². The number of rotatable bonds is 9. The fourth-order valence-electron chi connectivity index (χ4n) is 2.93. The van der Waals surface area contributed by atoms with Crippen LogP contribution in [0.15, 0.2) is 12.1 Å². The van der Waals surface area contributed by atoms with E-state index in [4.69, 9.17) is 31.2 Å². The van der Waals surface area contributed by atoms with E-state index in [2.05, 4.69) is 10.6 Å². The molecule has 1 aromatic rings. The molecule has 1 aromatic carbocycles. The van der Waals surface area contributed by atoms with Crippen molar-refractivity contribution in [1.82, 2.24) is 10.6 Å². The topological polar surface area (TPSA) is 65.4 Å². The number of methoxy groups -OCH3 is 3. The summed E-state index contributed by atoms with van der Waals surface area (Å²) in [4.78, 5) is 1.61. The Morgan fingerprint density at radius 1 is 1.08 bits per heavy atom. The third-order valence-corrected chi connectivity index (χ3v) is 4.66. The summed E-state index contributed by atoms with van der Waals surface area (Å²) in [5.41, 5.74) is 1.00. The lowest BCUT2D eigenvalue weighted by Gasteiger charge is -2.23. The molecule has 26 heavy (non-hydrogen) atoms. The number of hydrogen-bond acceptors (Lipinski definition) is 5. The van der Waals surface area contributed by atoms with Gasteiger partial charge < -0.3 is 34.5 Å². The van der Waals surface area contributed by atoms with Crippen molar-refractivity contribution in [2.24, 2.45) is 0 Å². The van der Waals surface area contributed by atoms with Crippen LogP contribution in [0, 0.1) is 0 Å². The van der Waals surface area contributed by atoms with Gasteiger partial charge in [0.05, 0.1) is 41.1 Å². The highest BCUT2D eigenvalue weighted by molar-refractivity contribution is 7.80. The van der Waals surface area contributed by atoms with Crippen molar-refractivity contribution < 1.29 is 23.8 Å². The lowest BCUT2D eigenvalue weighted by molar-refractivity contribution is -0.908. The molecule has 2 rings (SSSR count). The average molecular weight is 385 g/mol. The molecule has 0 saturated carbocycles. The number of ether oxygens (including phenoxy) is 4. The zero-order valence-electron chi connectivity index (χ0n) is 15.9. The standard InChI is InChI=1S/C18H29N3O4S/c1-22-15-11-14(12-16(23-2)17(15)24-3)13-20-18(26)19-5-4-6-21-7-9-25-10-8-21/h11-12H,4-10,13H2,1-3H3,(H2,19,20,26)/p+1. The van der Waals surface area contributed by atoms with Gasteiger partial charge in [-0.15, -0.1) is 0 Å². The third kappa shape index (κ3) is 6.19. The van der Waals surface area contributed by atoms with Crippen LogP contribution in [0.4, 0.5) is 0 Å². The van der Waals surface area contributed by atoms with Crippen LogP contribution in [0.1, 0.15) is 12.0 Å². The van der Waals surface area contributed by atoms with Gasteiger partial charge in [0.2, 0.25) is 5.75 Å². The van der Waals surface area contributed by atoms with Crippen molar-refractivity contribution in [1.29, 1.82) is 0 Å². The summed E-state index contributed by atoms with van der Waals surface area (Å²) >= 11 is 5.36. The van der Waals surface area contributed by atoms with Gasteiger partial charge in [-0.05, 0) is 29.9 Å². The second kappa shape index (κ2) is 11.1. The second-order valence-corrected chi connectivity index (χ2v) is 6.52. The van der Waals surface area contributed by atoms with E-state index in [0.29, 0.717) is 28.9 Å². The van der Waals surface area contributed by atoms with Gasteiger partial charge in [0.1, 0.15) is 13.1 Å². The average Bonchev–Trinajstić information content (AvgIpc) is 2.69. The molecule has 0 unspecified atom stereocenters. The van der Waals surface area contributed by atoms with Gasteiger partial charge in [-0.1, -0.05) is 0 Å². The predicted molar refractivity (Wildman–Crippen MR) is 105 cm³/mol. The number of hydrogen-bond donors (Lipinski definition) is 3. The van der Waals surface area contributed by atoms with Gasteiger partial charge in [-0.3, -0.25) is 0 Å². The van der Waals surface area contributed by atoms with E-state index in [1.165, 1.54) is 0 Å². The molecule has 1 saturated heterocycles. The summed E-state index contributed by atoms with van der Waals surface area (Å²) in [6, 6.07) is 3.83. The molecule has 0 aromatic heterocycles. The summed E-state index contributed by atoms with van der Waals surface area (Å²) in [5.74, 6) is 1.86. The largest absolute Gasteiger partial charge is 0.493 e. The van der Waals surface area contributed by atoms with Crippen molar-refractivity contribution >= 4 is 17.3 Å². The molecule has 0 radical (unpaired) electrons. The van der Waals surface area contributed by atoms with Crippen molar-refractivity contribution in [3.05, 3.63) is 17.7 Å². The van der Waals surface area contributed by atoms with E-state index in [9.17, 15) is 0 Å². The highest BCUT2D eigenvalue weighted by Gasteiger charge is 2.14. The minimum absolute atomic E-state index is 0.581. The summed E-state index contributed by atoms with van der Waals surface area (Å²) in [6.07, 6.45) is 1.08. The first-order chi connectivity index (χ1) is 12.7. The molecule has 1 heterocycles. The van der Waals surface area contributed by atoms with Crippen LogP contribution in [-0.4, -0.2) is 65.8 Å². The second-order valence-electron chi connectivity index (χ2n) is 6.11. The van der Waals surface area contributed by atoms with Crippen molar-refractivity contribution in [3.8, 4) is 17.2 Å².